The van der Waals surface area contributed by atoms with Gasteiger partial charge in [-0.05, 0) is 28.8 Å². The van der Waals surface area contributed by atoms with Gasteiger partial charge in [0, 0.05) is 0 Å². The van der Waals surface area contributed by atoms with E-state index in [2.05, 4.69) is 24.3 Å². The summed E-state index contributed by atoms with van der Waals surface area (Å²) in [4.78, 5) is 10.0. The average molecular weight is 195 g/mol. The van der Waals surface area contributed by atoms with Crippen LogP contribution in [0, 0.1) is 0 Å². The second-order valence-corrected chi connectivity index (χ2v) is 3.36. The Morgan fingerprint density at radius 3 is 2.73 bits per heavy atom. The van der Waals surface area contributed by atoms with Crippen LogP contribution in [-0.4, -0.2) is 6.29 Å². The van der Waals surface area contributed by atoms with Crippen molar-refractivity contribution in [1.82, 2.24) is 0 Å². The molecule has 1 nitrogen and oxygen atoms in total. The fourth-order valence-corrected chi connectivity index (χ4v) is 1.70. The third kappa shape index (κ3) is 2.13. The van der Waals surface area contributed by atoms with Crippen molar-refractivity contribution in [2.45, 2.75) is 6.42 Å². The van der Waals surface area contributed by atoms with E-state index in [4.69, 9.17) is 0 Å². The molecule has 2 rings (SSSR count). The van der Waals surface area contributed by atoms with Crippen molar-refractivity contribution in [2.75, 3.05) is 0 Å². The summed E-state index contributed by atoms with van der Waals surface area (Å²) in [5.74, 6) is 0. The van der Waals surface area contributed by atoms with Crippen LogP contribution in [0.5, 0.6) is 0 Å². The molecular formula is C14H11O. The van der Waals surface area contributed by atoms with Crippen LogP contribution in [0.25, 0.3) is 10.8 Å². The first-order valence-electron chi connectivity index (χ1n) is 4.91. The SMILES string of the molecule is O=[C]C=CCc1cccc2ccccc12. The van der Waals surface area contributed by atoms with Crippen molar-refractivity contribution in [1.29, 1.82) is 0 Å². The van der Waals surface area contributed by atoms with Crippen LogP contribution >= 0.6 is 0 Å². The summed E-state index contributed by atoms with van der Waals surface area (Å²) in [6.45, 7) is 0. The molecule has 0 amide bonds. The van der Waals surface area contributed by atoms with E-state index in [1.165, 1.54) is 22.4 Å². The molecule has 0 N–H and O–H groups in total. The maximum atomic E-state index is 10.0. The van der Waals surface area contributed by atoms with Gasteiger partial charge in [-0.2, -0.15) is 0 Å². The number of benzene rings is 2. The maximum absolute atomic E-state index is 10.0. The molecule has 0 spiro atoms. The first-order valence-corrected chi connectivity index (χ1v) is 4.91. The number of allylic oxidation sites excluding steroid dienone is 2. The standard InChI is InChI=1S/C14H11O/c15-11-4-3-7-13-9-5-8-12-6-1-2-10-14(12)13/h1-6,8-10H,7H2. The Hall–Kier alpha value is -1.89. The molecule has 0 atom stereocenters. The van der Waals surface area contributed by atoms with Crippen molar-refractivity contribution in [3.8, 4) is 0 Å². The lowest BCUT2D eigenvalue weighted by Gasteiger charge is -2.02. The van der Waals surface area contributed by atoms with Crippen molar-refractivity contribution in [3.05, 3.63) is 60.2 Å². The van der Waals surface area contributed by atoms with Gasteiger partial charge in [-0.25, -0.2) is 0 Å². The van der Waals surface area contributed by atoms with Crippen LogP contribution in [-0.2, 0) is 11.2 Å². The molecule has 15 heavy (non-hydrogen) atoms. The van der Waals surface area contributed by atoms with Crippen molar-refractivity contribution in [3.63, 3.8) is 0 Å². The average Bonchev–Trinajstić information content (AvgIpc) is 2.30. The Kier molecular flexibility index (Phi) is 2.93. The molecule has 2 aromatic rings. The molecule has 0 heterocycles. The van der Waals surface area contributed by atoms with E-state index in [0.29, 0.717) is 0 Å². The van der Waals surface area contributed by atoms with Gasteiger partial charge in [0.05, 0.1) is 0 Å². The third-order valence-corrected chi connectivity index (χ3v) is 2.40. The van der Waals surface area contributed by atoms with E-state index >= 15 is 0 Å². The van der Waals surface area contributed by atoms with Crippen molar-refractivity contribution < 1.29 is 4.79 Å². The van der Waals surface area contributed by atoms with E-state index in [0.717, 1.165) is 6.42 Å². The van der Waals surface area contributed by atoms with Gasteiger partial charge in [-0.3, -0.25) is 4.79 Å². The minimum Gasteiger partial charge on any atom is -0.286 e. The first-order chi connectivity index (χ1) is 7.42. The predicted molar refractivity (Wildman–Crippen MR) is 62.5 cm³/mol. The Morgan fingerprint density at radius 2 is 1.87 bits per heavy atom. The van der Waals surface area contributed by atoms with Gasteiger partial charge in [0.25, 0.3) is 0 Å². The fraction of sp³-hybridized carbons (Fsp3) is 0.0714. The van der Waals surface area contributed by atoms with Crippen LogP contribution in [0.1, 0.15) is 5.56 Å². The summed E-state index contributed by atoms with van der Waals surface area (Å²) in [5, 5.41) is 2.48. The summed E-state index contributed by atoms with van der Waals surface area (Å²) < 4.78 is 0. The van der Waals surface area contributed by atoms with Crippen LogP contribution in [0.3, 0.4) is 0 Å². The highest BCUT2D eigenvalue weighted by molar-refractivity contribution is 5.85. The molecule has 0 aliphatic carbocycles. The topological polar surface area (TPSA) is 17.1 Å². The lowest BCUT2D eigenvalue weighted by Crippen LogP contribution is -1.83. The van der Waals surface area contributed by atoms with Crippen LogP contribution in [0.4, 0.5) is 0 Å². The lowest BCUT2D eigenvalue weighted by atomic mass is 10.0. The fourth-order valence-electron chi connectivity index (χ4n) is 1.70. The van der Waals surface area contributed by atoms with E-state index in [1.807, 2.05) is 24.3 Å². The minimum absolute atomic E-state index is 0.774. The van der Waals surface area contributed by atoms with Gasteiger partial charge in [0.2, 0.25) is 6.29 Å². The number of fused-ring (bicyclic) bond motifs is 1. The molecule has 0 aliphatic rings. The van der Waals surface area contributed by atoms with Gasteiger partial charge in [-0.1, -0.05) is 48.5 Å². The lowest BCUT2D eigenvalue weighted by molar-refractivity contribution is 0.564. The zero-order valence-corrected chi connectivity index (χ0v) is 8.31. The summed E-state index contributed by atoms with van der Waals surface area (Å²) in [7, 11) is 0. The zero-order chi connectivity index (χ0) is 10.5. The molecule has 1 heteroatoms. The summed E-state index contributed by atoms with van der Waals surface area (Å²) in [5.41, 5.74) is 1.24. The highest BCUT2D eigenvalue weighted by atomic mass is 16.1. The predicted octanol–water partition coefficient (Wildman–Crippen LogP) is 3.05. The molecule has 0 unspecified atom stereocenters. The molecule has 0 saturated carbocycles. The molecule has 0 fully saturated rings. The number of carbonyl (C=O) groups excluding carboxylic acids is 1. The van der Waals surface area contributed by atoms with Crippen LogP contribution < -0.4 is 0 Å². The van der Waals surface area contributed by atoms with Crippen LogP contribution in [0.15, 0.2) is 54.6 Å². The molecular weight excluding hydrogens is 184 g/mol. The first kappa shape index (κ1) is 9.66. The normalized spacial score (nSPS) is 10.9. The van der Waals surface area contributed by atoms with Gasteiger partial charge < -0.3 is 0 Å². The maximum Gasteiger partial charge on any atom is 0.225 e. The van der Waals surface area contributed by atoms with E-state index in [1.54, 1.807) is 6.29 Å². The highest BCUT2D eigenvalue weighted by Gasteiger charge is 1.97. The van der Waals surface area contributed by atoms with Crippen LogP contribution in [0.2, 0.25) is 0 Å². The zero-order valence-electron chi connectivity index (χ0n) is 8.31. The highest BCUT2D eigenvalue weighted by Crippen LogP contribution is 2.18. The summed E-state index contributed by atoms with van der Waals surface area (Å²) in [6, 6.07) is 14.5. The second kappa shape index (κ2) is 4.56. The smallest absolute Gasteiger partial charge is 0.225 e. The quantitative estimate of drug-likeness (QED) is 0.688. The molecule has 0 bridgehead atoms. The molecule has 73 valence electrons. The van der Waals surface area contributed by atoms with Gasteiger partial charge >= 0.3 is 0 Å². The Bertz CT molecular complexity index is 492. The Balaban J connectivity index is 2.42. The van der Waals surface area contributed by atoms with Gasteiger partial charge in [-0.15, -0.1) is 0 Å². The van der Waals surface area contributed by atoms with E-state index in [-0.39, 0.29) is 0 Å². The number of hydrogen-bond acceptors (Lipinski definition) is 1. The van der Waals surface area contributed by atoms with E-state index in [9.17, 15) is 4.79 Å². The number of hydrogen-bond donors (Lipinski definition) is 0. The largest absolute Gasteiger partial charge is 0.286 e. The minimum atomic E-state index is 0.774. The van der Waals surface area contributed by atoms with Gasteiger partial charge in [0.1, 0.15) is 0 Å². The second-order valence-electron chi connectivity index (χ2n) is 3.36. The number of rotatable bonds is 3. The monoisotopic (exact) mass is 195 g/mol. The summed E-state index contributed by atoms with van der Waals surface area (Å²) in [6.07, 6.45) is 5.78. The van der Waals surface area contributed by atoms with Crippen molar-refractivity contribution in [2.24, 2.45) is 0 Å². The van der Waals surface area contributed by atoms with Crippen molar-refractivity contribution >= 4 is 17.1 Å². The summed E-state index contributed by atoms with van der Waals surface area (Å²) >= 11 is 0. The van der Waals surface area contributed by atoms with E-state index < -0.39 is 0 Å². The molecule has 0 saturated heterocycles. The molecule has 2 aromatic carbocycles. The molecule has 0 aromatic heterocycles. The molecule has 1 radical (unpaired) electrons. The molecule has 0 aliphatic heterocycles. The Labute approximate surface area is 89.0 Å². The third-order valence-electron chi connectivity index (χ3n) is 2.40. The van der Waals surface area contributed by atoms with Gasteiger partial charge in [0.15, 0.2) is 0 Å². The Morgan fingerprint density at radius 1 is 1.07 bits per heavy atom.